The number of halogens is 1. The normalized spacial score (nSPS) is 15.9. The van der Waals surface area contributed by atoms with E-state index in [1.54, 1.807) is 0 Å². The average Bonchev–Trinajstić information content (AvgIpc) is 2.55. The molecule has 2 rings (SSSR count). The first-order valence-electron chi connectivity index (χ1n) is 8.05. The Labute approximate surface area is 136 Å². The van der Waals surface area contributed by atoms with Crippen LogP contribution in [0.3, 0.4) is 0 Å². The molecule has 5 nitrogen and oxygen atoms in total. The molecule has 2 N–H and O–H groups in total. The predicted molar refractivity (Wildman–Crippen MR) is 87.6 cm³/mol. The monoisotopic (exact) mass is 318 g/mol. The average molecular weight is 318 g/mol. The number of carbonyl (C=O) groups is 1. The van der Waals surface area contributed by atoms with E-state index in [1.807, 2.05) is 6.07 Å². The van der Waals surface area contributed by atoms with Crippen LogP contribution in [0.1, 0.15) is 31.7 Å². The van der Waals surface area contributed by atoms with E-state index in [2.05, 4.69) is 22.5 Å². The van der Waals surface area contributed by atoms with Crippen LogP contribution >= 0.6 is 0 Å². The maximum atomic E-state index is 13.0. The van der Waals surface area contributed by atoms with Crippen molar-refractivity contribution in [3.63, 3.8) is 0 Å². The highest BCUT2D eigenvalue weighted by Gasteiger charge is 2.15. The lowest BCUT2D eigenvalue weighted by Gasteiger charge is -2.30. The third-order valence-corrected chi connectivity index (χ3v) is 4.16. The third kappa shape index (κ3) is 5.53. The fraction of sp³-hybridized carbons (Fsp3) is 0.529. The van der Waals surface area contributed by atoms with Crippen molar-refractivity contribution in [3.05, 3.63) is 29.6 Å². The first kappa shape index (κ1) is 17.2. The van der Waals surface area contributed by atoms with E-state index in [4.69, 9.17) is 5.26 Å². The van der Waals surface area contributed by atoms with Crippen molar-refractivity contribution in [2.45, 2.75) is 26.2 Å². The van der Waals surface area contributed by atoms with Crippen LogP contribution in [0.25, 0.3) is 0 Å². The van der Waals surface area contributed by atoms with Crippen molar-refractivity contribution in [3.8, 4) is 6.07 Å². The molecule has 1 aliphatic rings. The van der Waals surface area contributed by atoms with Crippen LogP contribution < -0.4 is 10.6 Å². The second-order valence-electron chi connectivity index (χ2n) is 6.06. The molecule has 1 aromatic rings. The molecular formula is C17H23FN4O. The molecule has 0 aromatic heterocycles. The Bertz CT molecular complexity index is 576. The smallest absolute Gasteiger partial charge is 0.319 e. The fourth-order valence-electron chi connectivity index (χ4n) is 2.67. The van der Waals surface area contributed by atoms with E-state index in [1.165, 1.54) is 25.0 Å². The summed E-state index contributed by atoms with van der Waals surface area (Å²) in [6.45, 7) is 6.10. The van der Waals surface area contributed by atoms with Gasteiger partial charge in [0.05, 0.1) is 11.3 Å². The lowest BCUT2D eigenvalue weighted by Crippen LogP contribution is -2.36. The molecule has 1 aliphatic heterocycles. The van der Waals surface area contributed by atoms with Crippen molar-refractivity contribution in [1.82, 2.24) is 10.2 Å². The number of piperidine rings is 1. The molecule has 1 aromatic carbocycles. The van der Waals surface area contributed by atoms with Crippen LogP contribution in [-0.2, 0) is 0 Å². The molecule has 0 unspecified atom stereocenters. The molecule has 0 bridgehead atoms. The van der Waals surface area contributed by atoms with Crippen molar-refractivity contribution in [2.75, 3.05) is 31.5 Å². The molecule has 0 aliphatic carbocycles. The second-order valence-corrected chi connectivity index (χ2v) is 6.06. The number of likely N-dealkylation sites (tertiary alicyclic amines) is 1. The number of nitriles is 1. The molecule has 2 amide bonds. The number of urea groups is 1. The highest BCUT2D eigenvalue weighted by atomic mass is 19.1. The number of nitrogens with zero attached hydrogens (tertiary/aromatic N) is 2. The van der Waals surface area contributed by atoms with Gasteiger partial charge < -0.3 is 15.5 Å². The van der Waals surface area contributed by atoms with Gasteiger partial charge in [-0.1, -0.05) is 6.92 Å². The Morgan fingerprint density at radius 1 is 1.43 bits per heavy atom. The van der Waals surface area contributed by atoms with E-state index in [0.29, 0.717) is 12.2 Å². The van der Waals surface area contributed by atoms with Crippen LogP contribution in [0, 0.1) is 23.1 Å². The number of amides is 2. The quantitative estimate of drug-likeness (QED) is 0.820. The van der Waals surface area contributed by atoms with E-state index in [0.717, 1.165) is 38.0 Å². The second kappa shape index (κ2) is 8.49. The Balaban J connectivity index is 1.68. The highest BCUT2D eigenvalue weighted by molar-refractivity contribution is 5.90. The molecule has 124 valence electrons. The van der Waals surface area contributed by atoms with Gasteiger partial charge in [-0.2, -0.15) is 5.26 Å². The van der Waals surface area contributed by atoms with Gasteiger partial charge in [0.1, 0.15) is 11.9 Å². The fourth-order valence-corrected chi connectivity index (χ4v) is 2.67. The zero-order chi connectivity index (χ0) is 16.7. The van der Waals surface area contributed by atoms with E-state index in [9.17, 15) is 9.18 Å². The standard InChI is InChI=1S/C17H23FN4O/c1-13-5-9-22(10-6-13)8-2-7-20-17(23)21-16-4-3-15(18)11-14(16)12-19/h3-4,11,13H,2,5-10H2,1H3,(H2,20,21,23). The minimum Gasteiger partial charge on any atom is -0.338 e. The Morgan fingerprint density at radius 3 is 2.87 bits per heavy atom. The zero-order valence-corrected chi connectivity index (χ0v) is 13.4. The van der Waals surface area contributed by atoms with Gasteiger partial charge in [0.25, 0.3) is 0 Å². The van der Waals surface area contributed by atoms with Crippen molar-refractivity contribution >= 4 is 11.7 Å². The number of hydrogen-bond donors (Lipinski definition) is 2. The van der Waals surface area contributed by atoms with Crippen molar-refractivity contribution in [2.24, 2.45) is 5.92 Å². The van der Waals surface area contributed by atoms with E-state index < -0.39 is 5.82 Å². The van der Waals surface area contributed by atoms with Gasteiger partial charge in [-0.3, -0.25) is 0 Å². The van der Waals surface area contributed by atoms with Gasteiger partial charge in [-0.05, 0) is 63.0 Å². The Kier molecular flexibility index (Phi) is 6.36. The van der Waals surface area contributed by atoms with E-state index >= 15 is 0 Å². The summed E-state index contributed by atoms with van der Waals surface area (Å²) in [5, 5.41) is 14.3. The summed E-state index contributed by atoms with van der Waals surface area (Å²) in [6.07, 6.45) is 3.38. The SMILES string of the molecule is CC1CCN(CCCNC(=O)Nc2ccc(F)cc2C#N)CC1. The molecule has 1 saturated heterocycles. The number of nitrogens with one attached hydrogen (secondary N) is 2. The van der Waals surface area contributed by atoms with Crippen LogP contribution in [-0.4, -0.2) is 37.1 Å². The number of carbonyl (C=O) groups excluding carboxylic acids is 1. The number of benzene rings is 1. The van der Waals surface area contributed by atoms with Crippen LogP contribution in [0.4, 0.5) is 14.9 Å². The van der Waals surface area contributed by atoms with Crippen LogP contribution in [0.15, 0.2) is 18.2 Å². The summed E-state index contributed by atoms with van der Waals surface area (Å²) in [6, 6.07) is 5.20. The first-order valence-corrected chi connectivity index (χ1v) is 8.05. The molecule has 0 radical (unpaired) electrons. The molecule has 0 atom stereocenters. The van der Waals surface area contributed by atoms with Crippen LogP contribution in [0.2, 0.25) is 0 Å². The molecule has 1 fully saturated rings. The lowest BCUT2D eigenvalue weighted by molar-refractivity contribution is 0.190. The summed E-state index contributed by atoms with van der Waals surface area (Å²) in [7, 11) is 0. The minimum atomic E-state index is -0.497. The molecule has 23 heavy (non-hydrogen) atoms. The minimum absolute atomic E-state index is 0.114. The van der Waals surface area contributed by atoms with Gasteiger partial charge >= 0.3 is 6.03 Å². The van der Waals surface area contributed by atoms with Gasteiger partial charge in [0, 0.05) is 6.54 Å². The predicted octanol–water partition coefficient (Wildman–Crippen LogP) is 2.94. The summed E-state index contributed by atoms with van der Waals surface area (Å²) >= 11 is 0. The molecule has 0 spiro atoms. The molecule has 1 heterocycles. The maximum absolute atomic E-state index is 13.0. The molecular weight excluding hydrogens is 295 g/mol. The maximum Gasteiger partial charge on any atom is 0.319 e. The Morgan fingerprint density at radius 2 is 2.17 bits per heavy atom. The number of anilines is 1. The first-order chi connectivity index (χ1) is 11.1. The largest absolute Gasteiger partial charge is 0.338 e. The summed E-state index contributed by atoms with van der Waals surface area (Å²) in [5.41, 5.74) is 0.430. The summed E-state index contributed by atoms with van der Waals surface area (Å²) < 4.78 is 13.0. The summed E-state index contributed by atoms with van der Waals surface area (Å²) in [4.78, 5) is 14.2. The van der Waals surface area contributed by atoms with Crippen molar-refractivity contribution in [1.29, 1.82) is 5.26 Å². The zero-order valence-electron chi connectivity index (χ0n) is 13.4. The van der Waals surface area contributed by atoms with Crippen LogP contribution in [0.5, 0.6) is 0 Å². The Hall–Kier alpha value is -2.13. The van der Waals surface area contributed by atoms with Gasteiger partial charge in [-0.15, -0.1) is 0 Å². The number of hydrogen-bond acceptors (Lipinski definition) is 3. The van der Waals surface area contributed by atoms with Gasteiger partial charge in [0.15, 0.2) is 0 Å². The number of rotatable bonds is 5. The lowest BCUT2D eigenvalue weighted by atomic mass is 9.99. The highest BCUT2D eigenvalue weighted by Crippen LogP contribution is 2.16. The van der Waals surface area contributed by atoms with Gasteiger partial charge in [0.2, 0.25) is 0 Å². The third-order valence-electron chi connectivity index (χ3n) is 4.16. The summed E-state index contributed by atoms with van der Waals surface area (Å²) in [5.74, 6) is 0.323. The van der Waals surface area contributed by atoms with Gasteiger partial charge in [-0.25, -0.2) is 9.18 Å². The topological polar surface area (TPSA) is 68.2 Å². The van der Waals surface area contributed by atoms with E-state index in [-0.39, 0.29) is 11.6 Å². The molecule has 6 heteroatoms. The molecule has 0 saturated carbocycles. The van der Waals surface area contributed by atoms with Crippen molar-refractivity contribution < 1.29 is 9.18 Å².